The van der Waals surface area contributed by atoms with Crippen molar-refractivity contribution in [3.63, 3.8) is 0 Å². The molecule has 12 nitrogen and oxygen atoms in total. The van der Waals surface area contributed by atoms with Crippen LogP contribution < -0.4 is 21.1 Å². The highest BCUT2D eigenvalue weighted by molar-refractivity contribution is 9.10. The Morgan fingerprint density at radius 2 is 2.00 bits per heavy atom. The number of nitrogens with one attached hydrogen (secondary N) is 2. The normalized spacial score (nSPS) is 15.7. The number of piperazine rings is 1. The maximum Gasteiger partial charge on any atom is 0.266 e. The first kappa shape index (κ1) is 27.9. The second kappa shape index (κ2) is 11.2. The van der Waals surface area contributed by atoms with Gasteiger partial charge in [-0.2, -0.15) is 4.98 Å². The lowest BCUT2D eigenvalue weighted by Gasteiger charge is -2.36. The van der Waals surface area contributed by atoms with Crippen molar-refractivity contribution in [1.29, 1.82) is 0 Å². The Balaban J connectivity index is 1.34. The minimum Gasteiger partial charge on any atom is -0.364 e. The average molecular weight is 656 g/mol. The number of rotatable bonds is 7. The molecule has 0 saturated carbocycles. The molecule has 216 valence electrons. The van der Waals surface area contributed by atoms with Crippen molar-refractivity contribution in [2.75, 3.05) is 29.9 Å². The van der Waals surface area contributed by atoms with Crippen LogP contribution in [0.25, 0.3) is 11.0 Å². The van der Waals surface area contributed by atoms with E-state index in [0.29, 0.717) is 23.3 Å². The fourth-order valence-corrected chi connectivity index (χ4v) is 6.61. The number of sulfone groups is 1. The fraction of sp³-hybridized carbons (Fsp3) is 0.222. The molecule has 1 aromatic carbocycles. The summed E-state index contributed by atoms with van der Waals surface area (Å²) in [4.78, 5) is 27.9. The van der Waals surface area contributed by atoms with Gasteiger partial charge in [0, 0.05) is 55.3 Å². The zero-order valence-corrected chi connectivity index (χ0v) is 24.6. The van der Waals surface area contributed by atoms with Crippen molar-refractivity contribution in [2.45, 2.75) is 29.5 Å². The SMILES string of the molecule is CC1CNCCN1c1ccc(Nc2ncc3cc(Br)c(=O)n(Cc4cnoc4S(=O)(=O)c4ccncc4)c3n2)cc1F. The van der Waals surface area contributed by atoms with Gasteiger partial charge in [0.1, 0.15) is 11.5 Å². The van der Waals surface area contributed by atoms with Gasteiger partial charge in [0.05, 0.1) is 33.4 Å². The first-order valence-corrected chi connectivity index (χ1v) is 15.2. The third kappa shape index (κ3) is 5.26. The van der Waals surface area contributed by atoms with E-state index in [1.165, 1.54) is 47.6 Å². The minimum atomic E-state index is -4.07. The summed E-state index contributed by atoms with van der Waals surface area (Å²) >= 11 is 3.27. The van der Waals surface area contributed by atoms with Crippen LogP contribution in [0.4, 0.5) is 21.7 Å². The second-order valence-electron chi connectivity index (χ2n) is 9.72. The Labute approximate surface area is 247 Å². The molecule has 1 unspecified atom stereocenters. The molecule has 6 rings (SSSR count). The first-order chi connectivity index (χ1) is 20.2. The van der Waals surface area contributed by atoms with Gasteiger partial charge in [-0.05, 0) is 59.3 Å². The van der Waals surface area contributed by atoms with Crippen LogP contribution in [0.2, 0.25) is 0 Å². The molecule has 4 aromatic heterocycles. The van der Waals surface area contributed by atoms with Crippen molar-refractivity contribution < 1.29 is 17.3 Å². The van der Waals surface area contributed by atoms with Gasteiger partial charge in [0.15, 0.2) is 0 Å². The highest BCUT2D eigenvalue weighted by atomic mass is 79.9. The summed E-state index contributed by atoms with van der Waals surface area (Å²) in [6.07, 6.45) is 5.47. The van der Waals surface area contributed by atoms with Crippen LogP contribution >= 0.6 is 15.9 Å². The molecule has 2 N–H and O–H groups in total. The Bertz CT molecular complexity index is 1950. The molecule has 1 saturated heterocycles. The molecule has 1 aliphatic rings. The molecule has 1 atom stereocenters. The van der Waals surface area contributed by atoms with E-state index < -0.39 is 20.5 Å². The van der Waals surface area contributed by atoms with Crippen LogP contribution in [-0.4, -0.2) is 58.8 Å². The summed E-state index contributed by atoms with van der Waals surface area (Å²) in [5.41, 5.74) is 0.858. The third-order valence-electron chi connectivity index (χ3n) is 6.94. The fourth-order valence-electron chi connectivity index (χ4n) is 4.85. The Morgan fingerprint density at radius 3 is 2.76 bits per heavy atom. The molecule has 0 radical (unpaired) electrons. The lowest BCUT2D eigenvalue weighted by atomic mass is 10.1. The lowest BCUT2D eigenvalue weighted by molar-refractivity contribution is 0.336. The summed E-state index contributed by atoms with van der Waals surface area (Å²) < 4.78 is 48.2. The smallest absolute Gasteiger partial charge is 0.266 e. The maximum atomic E-state index is 15.1. The van der Waals surface area contributed by atoms with Gasteiger partial charge in [0.2, 0.25) is 15.8 Å². The predicted octanol–water partition coefficient (Wildman–Crippen LogP) is 3.50. The molecule has 15 heteroatoms. The minimum absolute atomic E-state index is 0.0274. The average Bonchev–Trinajstić information content (AvgIpc) is 3.46. The Morgan fingerprint density at radius 1 is 1.19 bits per heavy atom. The van der Waals surface area contributed by atoms with Crippen LogP contribution in [0.1, 0.15) is 12.5 Å². The van der Waals surface area contributed by atoms with E-state index in [0.717, 1.165) is 13.1 Å². The third-order valence-corrected chi connectivity index (χ3v) is 9.22. The molecular weight excluding hydrogens is 631 g/mol. The Hall–Kier alpha value is -4.21. The number of halogens is 2. The van der Waals surface area contributed by atoms with Gasteiger partial charge >= 0.3 is 0 Å². The van der Waals surface area contributed by atoms with E-state index in [9.17, 15) is 13.2 Å². The zero-order valence-electron chi connectivity index (χ0n) is 22.2. The molecule has 0 amide bonds. The van der Waals surface area contributed by atoms with E-state index in [4.69, 9.17) is 4.52 Å². The van der Waals surface area contributed by atoms with Crippen LogP contribution in [0, 0.1) is 5.82 Å². The van der Waals surface area contributed by atoms with Crippen molar-refractivity contribution in [3.8, 4) is 0 Å². The highest BCUT2D eigenvalue weighted by Gasteiger charge is 2.27. The van der Waals surface area contributed by atoms with Crippen LogP contribution in [0.15, 0.2) is 85.0 Å². The summed E-state index contributed by atoms with van der Waals surface area (Å²) in [6.45, 7) is 4.08. The summed E-state index contributed by atoms with van der Waals surface area (Å²) in [6, 6.07) is 9.23. The van der Waals surface area contributed by atoms with E-state index in [1.54, 1.807) is 18.2 Å². The van der Waals surface area contributed by atoms with Gasteiger partial charge in [0.25, 0.3) is 10.7 Å². The largest absolute Gasteiger partial charge is 0.364 e. The number of pyridine rings is 2. The second-order valence-corrected chi connectivity index (χ2v) is 12.4. The summed E-state index contributed by atoms with van der Waals surface area (Å²) in [5.74, 6) is -0.263. The molecular formula is C27H24BrFN8O4S. The summed E-state index contributed by atoms with van der Waals surface area (Å²) in [5, 5.41) is 10.1. The quantitative estimate of drug-likeness (QED) is 0.266. The number of aromatic nitrogens is 5. The Kier molecular flexibility index (Phi) is 7.47. The van der Waals surface area contributed by atoms with Gasteiger partial charge < -0.3 is 20.1 Å². The van der Waals surface area contributed by atoms with Crippen molar-refractivity contribution in [2.24, 2.45) is 0 Å². The molecule has 5 aromatic rings. The zero-order chi connectivity index (χ0) is 29.4. The number of benzene rings is 1. The number of anilines is 3. The molecule has 42 heavy (non-hydrogen) atoms. The highest BCUT2D eigenvalue weighted by Crippen LogP contribution is 2.28. The monoisotopic (exact) mass is 654 g/mol. The molecule has 0 bridgehead atoms. The van der Waals surface area contributed by atoms with Crippen LogP contribution in [0.5, 0.6) is 0 Å². The van der Waals surface area contributed by atoms with Gasteiger partial charge in [-0.15, -0.1) is 0 Å². The van der Waals surface area contributed by atoms with Gasteiger partial charge in [-0.25, -0.2) is 17.8 Å². The van der Waals surface area contributed by atoms with E-state index >= 15 is 4.39 Å². The van der Waals surface area contributed by atoms with Crippen LogP contribution in [0.3, 0.4) is 0 Å². The number of nitrogens with zero attached hydrogens (tertiary/aromatic N) is 6. The number of hydrogen-bond acceptors (Lipinski definition) is 11. The van der Waals surface area contributed by atoms with Crippen molar-refractivity contribution in [1.82, 2.24) is 30.0 Å². The molecule has 1 aliphatic heterocycles. The van der Waals surface area contributed by atoms with Gasteiger partial charge in [-0.1, -0.05) is 5.16 Å². The van der Waals surface area contributed by atoms with E-state index in [-0.39, 0.29) is 44.9 Å². The maximum absolute atomic E-state index is 15.1. The molecule has 0 spiro atoms. The van der Waals surface area contributed by atoms with Crippen LogP contribution in [-0.2, 0) is 16.4 Å². The standard InChI is InChI=1S/C27H24BrFN8O4S/c1-16-12-31-8-9-36(16)23-3-2-19(11-22(23)29)34-27-32-13-17-10-21(28)25(38)37(24(17)35-27)15-18-14-33-41-26(18)42(39,40)20-4-6-30-7-5-20/h2-7,10-11,13-14,16,31H,8-9,12,15H2,1H3,(H,32,34,35). The molecule has 5 heterocycles. The van der Waals surface area contributed by atoms with E-state index in [2.05, 4.69) is 46.7 Å². The van der Waals surface area contributed by atoms with Crippen molar-refractivity contribution >= 4 is 54.1 Å². The van der Waals surface area contributed by atoms with Crippen molar-refractivity contribution in [3.05, 3.63) is 87.4 Å². The van der Waals surface area contributed by atoms with E-state index in [1.807, 2.05) is 11.8 Å². The summed E-state index contributed by atoms with van der Waals surface area (Å²) in [7, 11) is -4.07. The number of hydrogen-bond donors (Lipinski definition) is 2. The molecule has 0 aliphatic carbocycles. The first-order valence-electron chi connectivity index (χ1n) is 12.9. The predicted molar refractivity (Wildman–Crippen MR) is 156 cm³/mol. The molecule has 1 fully saturated rings. The van der Waals surface area contributed by atoms with Gasteiger partial charge in [-0.3, -0.25) is 14.3 Å². The lowest BCUT2D eigenvalue weighted by Crippen LogP contribution is -2.50. The number of fused-ring (bicyclic) bond motifs is 1. The topological polar surface area (TPSA) is 148 Å².